The number of nitrogens with zero attached hydrogens (tertiary/aromatic N) is 5. The molecule has 1 aromatic carbocycles. The normalized spacial score (nSPS) is 29.2. The highest BCUT2D eigenvalue weighted by Gasteiger charge is 2.49. The molecule has 1 aliphatic carbocycles. The third-order valence-corrected chi connectivity index (χ3v) is 10.3. The van der Waals surface area contributed by atoms with E-state index in [1.54, 1.807) is 6.20 Å². The van der Waals surface area contributed by atoms with Crippen molar-refractivity contribution in [2.24, 2.45) is 0 Å². The molecule has 12 heteroatoms. The maximum absolute atomic E-state index is 16.7. The maximum atomic E-state index is 16.7. The van der Waals surface area contributed by atoms with Crippen LogP contribution in [0.4, 0.5) is 14.6 Å². The molecule has 1 unspecified atom stereocenters. The number of hydrogen-bond donors (Lipinski definition) is 2. The van der Waals surface area contributed by atoms with Crippen LogP contribution in [0.15, 0.2) is 18.3 Å². The number of hydrogen-bond acceptors (Lipinski definition) is 9. The lowest BCUT2D eigenvalue weighted by Crippen LogP contribution is -2.61. The van der Waals surface area contributed by atoms with Crippen molar-refractivity contribution in [3.05, 3.63) is 34.7 Å². The van der Waals surface area contributed by atoms with Gasteiger partial charge in [-0.3, -0.25) is 9.88 Å². The van der Waals surface area contributed by atoms with E-state index in [1.165, 1.54) is 12.1 Å². The highest BCUT2D eigenvalue weighted by atomic mass is 35.5. The van der Waals surface area contributed by atoms with Gasteiger partial charge in [0.25, 0.3) is 0 Å². The van der Waals surface area contributed by atoms with Crippen molar-refractivity contribution >= 4 is 28.3 Å². The van der Waals surface area contributed by atoms with Crippen LogP contribution in [0.2, 0.25) is 5.02 Å². The monoisotopic (exact) mass is 612 g/mol. The van der Waals surface area contributed by atoms with Gasteiger partial charge in [0.2, 0.25) is 0 Å². The Kier molecular flexibility index (Phi) is 6.67. The Morgan fingerprint density at radius 3 is 2.91 bits per heavy atom. The lowest BCUT2D eigenvalue weighted by Gasteiger charge is -2.41. The highest BCUT2D eigenvalue weighted by molar-refractivity contribution is 6.32. The fourth-order valence-electron chi connectivity index (χ4n) is 7.76. The van der Waals surface area contributed by atoms with Gasteiger partial charge < -0.3 is 24.8 Å². The second kappa shape index (κ2) is 10.4. The van der Waals surface area contributed by atoms with E-state index in [2.05, 4.69) is 25.1 Å². The first-order valence-electron chi connectivity index (χ1n) is 15.3. The average molecular weight is 613 g/mol. The summed E-state index contributed by atoms with van der Waals surface area (Å²) >= 11 is 6.55. The molecule has 5 fully saturated rings. The number of phenolic OH excluding ortho intramolecular Hbond substituents is 1. The zero-order valence-corrected chi connectivity index (χ0v) is 24.7. The number of fused-ring (bicyclic) bond motifs is 2. The van der Waals surface area contributed by atoms with Crippen LogP contribution in [0, 0.1) is 5.82 Å². The summed E-state index contributed by atoms with van der Waals surface area (Å²) in [6, 6.07) is 3.08. The van der Waals surface area contributed by atoms with Crippen LogP contribution in [0.5, 0.6) is 11.8 Å². The molecule has 1 saturated carbocycles. The summed E-state index contributed by atoms with van der Waals surface area (Å²) in [5.41, 5.74) is 0.848. The van der Waals surface area contributed by atoms with Gasteiger partial charge in [-0.05, 0) is 62.3 Å². The SMILES string of the molecule is Oc1cc(Cl)c(C2CC2)c(-c2ncc3c(N4CCNC5(CCOC5)C4)nc(OC[C@@]45CCCN4C[C@H](F)C5)nc3c2F)c1. The van der Waals surface area contributed by atoms with E-state index in [9.17, 15) is 9.50 Å². The Balaban J connectivity index is 1.23. The predicted octanol–water partition coefficient (Wildman–Crippen LogP) is 4.59. The van der Waals surface area contributed by atoms with E-state index in [-0.39, 0.29) is 41.0 Å². The van der Waals surface area contributed by atoms with Gasteiger partial charge in [0.15, 0.2) is 5.82 Å². The van der Waals surface area contributed by atoms with Gasteiger partial charge in [-0.2, -0.15) is 9.97 Å². The molecule has 1 spiro atoms. The summed E-state index contributed by atoms with van der Waals surface area (Å²) < 4.78 is 43.1. The number of benzene rings is 1. The zero-order chi connectivity index (χ0) is 29.3. The third-order valence-electron chi connectivity index (χ3n) is 10.0. The summed E-state index contributed by atoms with van der Waals surface area (Å²) in [6.45, 7) is 4.80. The van der Waals surface area contributed by atoms with Gasteiger partial charge in [0, 0.05) is 56.0 Å². The van der Waals surface area contributed by atoms with E-state index in [0.717, 1.165) is 50.8 Å². The van der Waals surface area contributed by atoms with Crippen LogP contribution in [-0.2, 0) is 4.74 Å². The number of alkyl halides is 1. The number of aromatic nitrogens is 3. The Morgan fingerprint density at radius 1 is 1.21 bits per heavy atom. The summed E-state index contributed by atoms with van der Waals surface area (Å²) in [6.07, 6.45) is 5.75. The minimum atomic E-state index is -0.886. The number of rotatable bonds is 6. The van der Waals surface area contributed by atoms with Crippen LogP contribution in [-0.4, -0.2) is 94.8 Å². The number of anilines is 1. The molecule has 228 valence electrons. The van der Waals surface area contributed by atoms with Crippen molar-refractivity contribution in [1.82, 2.24) is 25.2 Å². The first-order chi connectivity index (χ1) is 20.8. The lowest BCUT2D eigenvalue weighted by atomic mass is 9.95. The van der Waals surface area contributed by atoms with Crippen LogP contribution in [0.1, 0.15) is 50.0 Å². The predicted molar refractivity (Wildman–Crippen MR) is 158 cm³/mol. The summed E-state index contributed by atoms with van der Waals surface area (Å²) in [5, 5.41) is 14.9. The molecule has 9 nitrogen and oxygen atoms in total. The Labute approximate surface area is 253 Å². The molecule has 0 amide bonds. The van der Waals surface area contributed by atoms with Gasteiger partial charge in [-0.1, -0.05) is 11.6 Å². The minimum absolute atomic E-state index is 0.0499. The first kappa shape index (κ1) is 27.7. The Bertz CT molecular complexity index is 1590. The molecule has 0 radical (unpaired) electrons. The second-order valence-electron chi connectivity index (χ2n) is 13.0. The number of phenols is 1. The minimum Gasteiger partial charge on any atom is -0.508 e. The van der Waals surface area contributed by atoms with E-state index < -0.39 is 17.5 Å². The van der Waals surface area contributed by atoms with Gasteiger partial charge in [0.1, 0.15) is 35.6 Å². The fourth-order valence-corrected chi connectivity index (χ4v) is 8.13. The van der Waals surface area contributed by atoms with E-state index in [1.807, 2.05) is 0 Å². The van der Waals surface area contributed by atoms with Crippen molar-refractivity contribution in [3.8, 4) is 23.0 Å². The average Bonchev–Trinajstić information content (AvgIpc) is 3.47. The highest BCUT2D eigenvalue weighted by Crippen LogP contribution is 2.49. The molecule has 0 bridgehead atoms. The molecule has 4 aliphatic heterocycles. The second-order valence-corrected chi connectivity index (χ2v) is 13.4. The molecule has 43 heavy (non-hydrogen) atoms. The Morgan fingerprint density at radius 2 is 2.09 bits per heavy atom. The van der Waals surface area contributed by atoms with Crippen LogP contribution in [0.25, 0.3) is 22.2 Å². The van der Waals surface area contributed by atoms with E-state index in [0.29, 0.717) is 61.1 Å². The quantitative estimate of drug-likeness (QED) is 0.414. The van der Waals surface area contributed by atoms with Gasteiger partial charge in [0.05, 0.1) is 23.1 Å². The molecule has 2 N–H and O–H groups in total. The van der Waals surface area contributed by atoms with Crippen molar-refractivity contribution in [2.75, 3.05) is 57.4 Å². The molecule has 6 heterocycles. The van der Waals surface area contributed by atoms with Crippen LogP contribution in [0.3, 0.4) is 0 Å². The molecule has 4 saturated heterocycles. The van der Waals surface area contributed by atoms with Crippen LogP contribution < -0.4 is 15.0 Å². The van der Waals surface area contributed by atoms with E-state index in [4.69, 9.17) is 26.1 Å². The molecular formula is C31H35ClF2N6O3. The maximum Gasteiger partial charge on any atom is 0.319 e. The largest absolute Gasteiger partial charge is 0.508 e. The van der Waals surface area contributed by atoms with Crippen molar-refractivity contribution < 1.29 is 23.4 Å². The molecule has 5 aliphatic rings. The molecule has 2 aromatic heterocycles. The van der Waals surface area contributed by atoms with Gasteiger partial charge in [-0.25, -0.2) is 8.78 Å². The molecule has 3 atom stereocenters. The standard InChI is InChI=1S/C31H35ClF2N6O3/c32-23-11-20(41)10-21(24(23)18-2-3-18)26-25(34)27-22(13-35-26)28(39-8-6-36-30(15-39)5-9-42-16-30)38-29(37-27)43-17-31-4-1-7-40(31)14-19(33)12-31/h10-11,13,18-19,36,41H,1-9,12,14-17H2/t19-,30?,31+/m1/s1. The number of piperazine rings is 1. The van der Waals surface area contributed by atoms with Crippen molar-refractivity contribution in [2.45, 2.75) is 61.7 Å². The number of halogens is 3. The topological polar surface area (TPSA) is 95.9 Å². The Hall–Kier alpha value is -2.86. The van der Waals surface area contributed by atoms with E-state index >= 15 is 4.39 Å². The van der Waals surface area contributed by atoms with Gasteiger partial charge >= 0.3 is 6.01 Å². The van der Waals surface area contributed by atoms with Crippen LogP contribution >= 0.6 is 11.6 Å². The summed E-state index contributed by atoms with van der Waals surface area (Å²) in [7, 11) is 0. The number of pyridine rings is 1. The first-order valence-corrected chi connectivity index (χ1v) is 15.7. The van der Waals surface area contributed by atoms with Crippen molar-refractivity contribution in [1.29, 1.82) is 0 Å². The summed E-state index contributed by atoms with van der Waals surface area (Å²) in [5.74, 6) is 0.0857. The number of ether oxygens (including phenoxy) is 2. The van der Waals surface area contributed by atoms with Crippen molar-refractivity contribution in [3.63, 3.8) is 0 Å². The fraction of sp³-hybridized carbons (Fsp3) is 0.581. The molecular weight excluding hydrogens is 578 g/mol. The zero-order valence-electron chi connectivity index (χ0n) is 23.9. The van der Waals surface area contributed by atoms with Gasteiger partial charge in [-0.15, -0.1) is 0 Å². The number of nitrogens with one attached hydrogen (secondary N) is 1. The number of aromatic hydroxyl groups is 1. The summed E-state index contributed by atoms with van der Waals surface area (Å²) in [4.78, 5) is 18.3. The molecule has 8 rings (SSSR count). The third kappa shape index (κ3) is 4.79. The lowest BCUT2D eigenvalue weighted by molar-refractivity contribution is 0.107. The smallest absolute Gasteiger partial charge is 0.319 e. The molecule has 3 aromatic rings.